The van der Waals surface area contributed by atoms with Crippen LogP contribution in [-0.2, 0) is 13.1 Å². The van der Waals surface area contributed by atoms with E-state index in [0.717, 1.165) is 29.6 Å². The Morgan fingerprint density at radius 2 is 2.19 bits per heavy atom. The third kappa shape index (κ3) is 2.76. The second kappa shape index (κ2) is 5.74. The van der Waals surface area contributed by atoms with Crippen molar-refractivity contribution < 1.29 is 0 Å². The van der Waals surface area contributed by atoms with Crippen LogP contribution in [0.15, 0.2) is 36.7 Å². The predicted octanol–water partition coefficient (Wildman–Crippen LogP) is 1.80. The summed E-state index contributed by atoms with van der Waals surface area (Å²) in [6.07, 6.45) is 3.80. The fourth-order valence-corrected chi connectivity index (χ4v) is 2.19. The molecule has 3 aromatic rings. The van der Waals surface area contributed by atoms with Gasteiger partial charge in [-0.3, -0.25) is 0 Å². The molecular weight excluding hydrogens is 266 g/mol. The number of hydrogen-bond acceptors (Lipinski definition) is 5. The Morgan fingerprint density at radius 1 is 1.29 bits per heavy atom. The van der Waals surface area contributed by atoms with Crippen molar-refractivity contribution >= 4 is 5.69 Å². The zero-order valence-electron chi connectivity index (χ0n) is 12.1. The molecule has 0 saturated heterocycles. The number of aryl methyl sites for hydroxylation is 2. The van der Waals surface area contributed by atoms with Gasteiger partial charge >= 0.3 is 0 Å². The fourth-order valence-electron chi connectivity index (χ4n) is 2.19. The Balaban J connectivity index is 1.76. The van der Waals surface area contributed by atoms with Crippen LogP contribution in [0.1, 0.15) is 18.6 Å². The smallest absolute Gasteiger partial charge is 0.153 e. The lowest BCUT2D eigenvalue weighted by Crippen LogP contribution is -2.08. The first-order valence-corrected chi connectivity index (χ1v) is 6.87. The molecule has 0 amide bonds. The molecule has 0 aliphatic rings. The van der Waals surface area contributed by atoms with Crippen molar-refractivity contribution in [2.75, 3.05) is 5.32 Å². The molecule has 0 unspecified atom stereocenters. The van der Waals surface area contributed by atoms with Crippen molar-refractivity contribution in [1.29, 1.82) is 0 Å². The van der Waals surface area contributed by atoms with Crippen molar-refractivity contribution in [2.24, 2.45) is 0 Å². The topological polar surface area (TPSA) is 73.5 Å². The van der Waals surface area contributed by atoms with E-state index in [1.807, 2.05) is 43.6 Å². The van der Waals surface area contributed by atoms with Crippen LogP contribution < -0.4 is 5.32 Å². The number of nitrogens with zero attached hydrogens (tertiary/aromatic N) is 6. The predicted molar refractivity (Wildman–Crippen MR) is 79.1 cm³/mol. The molecule has 1 N–H and O–H groups in total. The van der Waals surface area contributed by atoms with Gasteiger partial charge in [0.1, 0.15) is 5.82 Å². The minimum atomic E-state index is 0.679. The highest BCUT2D eigenvalue weighted by atomic mass is 15.5. The van der Waals surface area contributed by atoms with Crippen LogP contribution >= 0.6 is 0 Å². The van der Waals surface area contributed by atoms with Gasteiger partial charge in [-0.1, -0.05) is 6.07 Å². The average molecular weight is 283 g/mol. The van der Waals surface area contributed by atoms with Crippen molar-refractivity contribution in [3.8, 4) is 5.69 Å². The van der Waals surface area contributed by atoms with E-state index in [1.54, 1.807) is 4.68 Å². The quantitative estimate of drug-likeness (QED) is 0.773. The Kier molecular flexibility index (Phi) is 3.63. The summed E-state index contributed by atoms with van der Waals surface area (Å²) >= 11 is 0. The molecule has 7 heteroatoms. The summed E-state index contributed by atoms with van der Waals surface area (Å²) in [6, 6.07) is 7.98. The summed E-state index contributed by atoms with van der Waals surface area (Å²) in [4.78, 5) is 4.35. The van der Waals surface area contributed by atoms with Crippen molar-refractivity contribution in [1.82, 2.24) is 29.8 Å². The van der Waals surface area contributed by atoms with E-state index in [9.17, 15) is 0 Å². The maximum absolute atomic E-state index is 4.35. The summed E-state index contributed by atoms with van der Waals surface area (Å²) in [7, 11) is 0. The van der Waals surface area contributed by atoms with Crippen LogP contribution in [0.2, 0.25) is 0 Å². The van der Waals surface area contributed by atoms with E-state index in [0.29, 0.717) is 6.54 Å². The van der Waals surface area contributed by atoms with Gasteiger partial charge in [-0.2, -0.15) is 4.68 Å². The number of hydrogen-bond donors (Lipinski definition) is 1. The highest BCUT2D eigenvalue weighted by Gasteiger charge is 2.05. The van der Waals surface area contributed by atoms with Gasteiger partial charge in [-0.25, -0.2) is 4.98 Å². The third-order valence-corrected chi connectivity index (χ3v) is 3.31. The first kappa shape index (κ1) is 13.3. The second-order valence-corrected chi connectivity index (χ2v) is 4.67. The molecule has 0 atom stereocenters. The number of anilines is 1. The first-order valence-electron chi connectivity index (χ1n) is 6.87. The molecule has 7 nitrogen and oxygen atoms in total. The zero-order chi connectivity index (χ0) is 14.7. The largest absolute Gasteiger partial charge is 0.378 e. The third-order valence-electron chi connectivity index (χ3n) is 3.31. The van der Waals surface area contributed by atoms with Gasteiger partial charge in [0.05, 0.1) is 12.2 Å². The summed E-state index contributed by atoms with van der Waals surface area (Å²) in [6.45, 7) is 5.57. The summed E-state index contributed by atoms with van der Waals surface area (Å²) < 4.78 is 3.82. The van der Waals surface area contributed by atoms with E-state index < -0.39 is 0 Å². The van der Waals surface area contributed by atoms with Gasteiger partial charge in [0.25, 0.3) is 0 Å². The van der Waals surface area contributed by atoms with Gasteiger partial charge in [0, 0.05) is 24.6 Å². The summed E-state index contributed by atoms with van der Waals surface area (Å²) in [5.74, 6) is 1.77. The molecule has 3 rings (SSSR count). The maximum atomic E-state index is 4.35. The molecule has 0 radical (unpaired) electrons. The highest BCUT2D eigenvalue weighted by Crippen LogP contribution is 2.15. The van der Waals surface area contributed by atoms with E-state index in [1.165, 1.54) is 0 Å². The van der Waals surface area contributed by atoms with Gasteiger partial charge < -0.3 is 9.88 Å². The molecule has 2 heterocycles. The van der Waals surface area contributed by atoms with Crippen molar-refractivity contribution in [2.45, 2.75) is 26.9 Å². The molecule has 108 valence electrons. The molecule has 0 aliphatic heterocycles. The number of tetrazole rings is 1. The van der Waals surface area contributed by atoms with Gasteiger partial charge in [-0.05, 0) is 42.5 Å². The number of benzene rings is 1. The molecule has 0 saturated carbocycles. The van der Waals surface area contributed by atoms with Crippen LogP contribution in [0.3, 0.4) is 0 Å². The van der Waals surface area contributed by atoms with E-state index in [2.05, 4.69) is 37.3 Å². The van der Waals surface area contributed by atoms with Crippen molar-refractivity contribution in [3.63, 3.8) is 0 Å². The van der Waals surface area contributed by atoms with E-state index in [-0.39, 0.29) is 0 Å². The SMILES string of the molecule is CCn1ccnc1CNc1cccc(-n2nnnc2C)c1. The number of nitrogens with one attached hydrogen (secondary N) is 1. The molecule has 0 aliphatic carbocycles. The fraction of sp³-hybridized carbons (Fsp3) is 0.286. The minimum Gasteiger partial charge on any atom is -0.378 e. The molecule has 0 fully saturated rings. The van der Waals surface area contributed by atoms with Crippen LogP contribution in [0.25, 0.3) is 5.69 Å². The lowest BCUT2D eigenvalue weighted by Gasteiger charge is -2.09. The Labute approximate surface area is 122 Å². The van der Waals surface area contributed by atoms with Crippen LogP contribution in [0.5, 0.6) is 0 Å². The van der Waals surface area contributed by atoms with Crippen LogP contribution in [0.4, 0.5) is 5.69 Å². The Hall–Kier alpha value is -2.70. The maximum Gasteiger partial charge on any atom is 0.153 e. The lowest BCUT2D eigenvalue weighted by atomic mass is 10.2. The van der Waals surface area contributed by atoms with Gasteiger partial charge in [0.15, 0.2) is 5.82 Å². The molecular formula is C14H17N7. The lowest BCUT2D eigenvalue weighted by molar-refractivity contribution is 0.708. The first-order chi connectivity index (χ1) is 10.3. The van der Waals surface area contributed by atoms with E-state index >= 15 is 0 Å². The van der Waals surface area contributed by atoms with E-state index in [4.69, 9.17) is 0 Å². The Bertz CT molecular complexity index is 728. The monoisotopic (exact) mass is 283 g/mol. The minimum absolute atomic E-state index is 0.679. The van der Waals surface area contributed by atoms with Gasteiger partial charge in [-0.15, -0.1) is 5.10 Å². The average Bonchev–Trinajstić information content (AvgIpc) is 3.13. The van der Waals surface area contributed by atoms with Crippen molar-refractivity contribution in [3.05, 3.63) is 48.3 Å². The molecule has 1 aromatic carbocycles. The zero-order valence-corrected chi connectivity index (χ0v) is 12.1. The van der Waals surface area contributed by atoms with Gasteiger partial charge in [0.2, 0.25) is 0 Å². The normalized spacial score (nSPS) is 10.8. The van der Waals surface area contributed by atoms with Crippen LogP contribution in [0, 0.1) is 6.92 Å². The molecule has 21 heavy (non-hydrogen) atoms. The standard InChI is InChI=1S/C14H17N7/c1-3-20-8-7-15-14(20)10-16-12-5-4-6-13(9-12)21-11(2)17-18-19-21/h4-9,16H,3,10H2,1-2H3. The number of imidazole rings is 1. The van der Waals surface area contributed by atoms with Crippen LogP contribution in [-0.4, -0.2) is 29.8 Å². The molecule has 0 bridgehead atoms. The highest BCUT2D eigenvalue weighted by molar-refractivity contribution is 5.50. The molecule has 2 aromatic heterocycles. The Morgan fingerprint density at radius 3 is 2.95 bits per heavy atom. The summed E-state index contributed by atoms with van der Waals surface area (Å²) in [5, 5.41) is 14.9. The number of rotatable bonds is 5. The number of aromatic nitrogens is 6. The summed E-state index contributed by atoms with van der Waals surface area (Å²) in [5.41, 5.74) is 1.94. The molecule has 0 spiro atoms. The second-order valence-electron chi connectivity index (χ2n) is 4.67.